The summed E-state index contributed by atoms with van der Waals surface area (Å²) in [6.45, 7) is 9.97. The van der Waals surface area contributed by atoms with Gasteiger partial charge < -0.3 is 19.4 Å². The molecular weight excluding hydrogens is 342 g/mol. The van der Waals surface area contributed by atoms with Crippen molar-refractivity contribution < 1.29 is 9.53 Å². The highest BCUT2D eigenvalue weighted by atomic mass is 16.6. The first kappa shape index (κ1) is 18.9. The molecule has 7 nitrogen and oxygen atoms in total. The minimum absolute atomic E-state index is 0.239. The summed E-state index contributed by atoms with van der Waals surface area (Å²) < 4.78 is 5.08. The van der Waals surface area contributed by atoms with E-state index in [0.717, 1.165) is 37.0 Å². The highest BCUT2D eigenvalue weighted by Crippen LogP contribution is 2.26. The van der Waals surface area contributed by atoms with Crippen LogP contribution < -0.4 is 9.80 Å². The molecule has 2 heterocycles. The van der Waals surface area contributed by atoms with Crippen molar-refractivity contribution in [3.05, 3.63) is 42.2 Å². The number of aromatic nitrogens is 2. The maximum Gasteiger partial charge on any atom is 0.409 e. The molecule has 0 N–H and O–H groups in total. The lowest BCUT2D eigenvalue weighted by Gasteiger charge is -2.35. The molecule has 1 saturated heterocycles. The van der Waals surface area contributed by atoms with Crippen molar-refractivity contribution in [1.29, 1.82) is 0 Å². The number of rotatable bonds is 5. The Morgan fingerprint density at radius 2 is 1.93 bits per heavy atom. The highest BCUT2D eigenvalue weighted by molar-refractivity contribution is 5.68. The van der Waals surface area contributed by atoms with E-state index in [4.69, 9.17) is 4.74 Å². The molecule has 1 fully saturated rings. The van der Waals surface area contributed by atoms with E-state index in [2.05, 4.69) is 57.9 Å². The van der Waals surface area contributed by atoms with Crippen LogP contribution in [0.2, 0.25) is 0 Å². The molecule has 1 aliphatic rings. The molecule has 0 bridgehead atoms. The fourth-order valence-electron chi connectivity index (χ4n) is 3.26. The van der Waals surface area contributed by atoms with Gasteiger partial charge in [-0.3, -0.25) is 0 Å². The third-order valence-electron chi connectivity index (χ3n) is 4.67. The zero-order chi connectivity index (χ0) is 19.2. The minimum Gasteiger partial charge on any atom is -0.450 e. The third-order valence-corrected chi connectivity index (χ3v) is 4.67. The Bertz CT molecular complexity index is 774. The SMILES string of the molecule is CCOC(=O)N1CCN(c2cc(N(CC)c3cccc(C)c3)ncn2)CC1. The number of carbonyl (C=O) groups is 1. The van der Waals surface area contributed by atoms with E-state index in [1.807, 2.05) is 13.0 Å². The van der Waals surface area contributed by atoms with Crippen molar-refractivity contribution in [2.24, 2.45) is 0 Å². The summed E-state index contributed by atoms with van der Waals surface area (Å²) in [4.78, 5) is 26.9. The van der Waals surface area contributed by atoms with E-state index in [9.17, 15) is 4.79 Å². The van der Waals surface area contributed by atoms with Crippen LogP contribution in [0.4, 0.5) is 22.1 Å². The minimum atomic E-state index is -0.239. The van der Waals surface area contributed by atoms with Gasteiger partial charge in [-0.1, -0.05) is 12.1 Å². The zero-order valence-electron chi connectivity index (χ0n) is 16.3. The van der Waals surface area contributed by atoms with Gasteiger partial charge in [0.1, 0.15) is 18.0 Å². The van der Waals surface area contributed by atoms with Gasteiger partial charge >= 0.3 is 6.09 Å². The first-order valence-electron chi connectivity index (χ1n) is 9.45. The second kappa shape index (κ2) is 8.70. The van der Waals surface area contributed by atoms with Crippen molar-refractivity contribution in [3.8, 4) is 0 Å². The van der Waals surface area contributed by atoms with Gasteiger partial charge in [0.25, 0.3) is 0 Å². The maximum atomic E-state index is 11.9. The zero-order valence-corrected chi connectivity index (χ0v) is 16.3. The number of carbonyl (C=O) groups excluding carboxylic acids is 1. The second-order valence-corrected chi connectivity index (χ2v) is 6.49. The quantitative estimate of drug-likeness (QED) is 0.806. The highest BCUT2D eigenvalue weighted by Gasteiger charge is 2.23. The molecule has 3 rings (SSSR count). The lowest BCUT2D eigenvalue weighted by molar-refractivity contribution is 0.105. The molecule has 1 aliphatic heterocycles. The number of ether oxygens (including phenoxy) is 1. The van der Waals surface area contributed by atoms with Gasteiger partial charge in [0.05, 0.1) is 6.61 Å². The van der Waals surface area contributed by atoms with Gasteiger partial charge in [-0.05, 0) is 38.5 Å². The number of hydrogen-bond acceptors (Lipinski definition) is 6. The predicted octanol–water partition coefficient (Wildman–Crippen LogP) is 3.22. The molecule has 0 radical (unpaired) electrons. The molecule has 27 heavy (non-hydrogen) atoms. The summed E-state index contributed by atoms with van der Waals surface area (Å²) in [6, 6.07) is 10.4. The maximum absolute atomic E-state index is 11.9. The molecule has 0 atom stereocenters. The molecule has 0 saturated carbocycles. The molecule has 7 heteroatoms. The number of aryl methyl sites for hydroxylation is 1. The molecule has 0 aliphatic carbocycles. The van der Waals surface area contributed by atoms with Crippen LogP contribution in [0.3, 0.4) is 0 Å². The Balaban J connectivity index is 1.73. The molecular formula is C20H27N5O2. The molecule has 0 spiro atoms. The van der Waals surface area contributed by atoms with Gasteiger partial charge in [0.2, 0.25) is 0 Å². The van der Waals surface area contributed by atoms with Gasteiger partial charge in [0, 0.05) is 44.5 Å². The first-order chi connectivity index (χ1) is 13.1. The Kier molecular flexibility index (Phi) is 6.11. The van der Waals surface area contributed by atoms with Crippen molar-refractivity contribution in [2.75, 3.05) is 49.1 Å². The van der Waals surface area contributed by atoms with E-state index in [1.54, 1.807) is 11.2 Å². The van der Waals surface area contributed by atoms with Gasteiger partial charge in [-0.25, -0.2) is 14.8 Å². The number of amides is 1. The standard InChI is InChI=1S/C20H27N5O2/c1-4-25(17-8-6-7-16(3)13-17)19-14-18(21-15-22-19)23-9-11-24(12-10-23)20(26)27-5-2/h6-8,13-15H,4-5,9-12H2,1-3H3. The number of anilines is 3. The van der Waals surface area contributed by atoms with Crippen LogP contribution in [0, 0.1) is 6.92 Å². The summed E-state index contributed by atoms with van der Waals surface area (Å²) in [6.07, 6.45) is 1.37. The van der Waals surface area contributed by atoms with Crippen molar-refractivity contribution in [3.63, 3.8) is 0 Å². The lowest BCUT2D eigenvalue weighted by Crippen LogP contribution is -2.49. The summed E-state index contributed by atoms with van der Waals surface area (Å²) >= 11 is 0. The van der Waals surface area contributed by atoms with Crippen molar-refractivity contribution >= 4 is 23.4 Å². The molecule has 1 aromatic heterocycles. The van der Waals surface area contributed by atoms with Crippen LogP contribution in [-0.4, -0.2) is 60.3 Å². The Morgan fingerprint density at radius 1 is 1.15 bits per heavy atom. The molecule has 1 aromatic carbocycles. The topological polar surface area (TPSA) is 61.8 Å². The van der Waals surface area contributed by atoms with Gasteiger partial charge in [0.15, 0.2) is 0 Å². The number of benzene rings is 1. The van der Waals surface area contributed by atoms with Gasteiger partial charge in [-0.15, -0.1) is 0 Å². The monoisotopic (exact) mass is 369 g/mol. The largest absolute Gasteiger partial charge is 0.450 e. The van der Waals surface area contributed by atoms with Crippen LogP contribution in [-0.2, 0) is 4.74 Å². The molecule has 2 aromatic rings. The van der Waals surface area contributed by atoms with Crippen LogP contribution >= 0.6 is 0 Å². The van der Waals surface area contributed by atoms with Crippen molar-refractivity contribution in [1.82, 2.24) is 14.9 Å². The third kappa shape index (κ3) is 4.48. The number of nitrogens with zero attached hydrogens (tertiary/aromatic N) is 5. The van der Waals surface area contributed by atoms with Crippen LogP contribution in [0.15, 0.2) is 36.7 Å². The fourth-order valence-corrected chi connectivity index (χ4v) is 3.26. The summed E-state index contributed by atoms with van der Waals surface area (Å²) in [7, 11) is 0. The first-order valence-corrected chi connectivity index (χ1v) is 9.45. The van der Waals surface area contributed by atoms with Crippen LogP contribution in [0.5, 0.6) is 0 Å². The van der Waals surface area contributed by atoms with Crippen molar-refractivity contribution in [2.45, 2.75) is 20.8 Å². The van der Waals surface area contributed by atoms with E-state index in [0.29, 0.717) is 19.7 Å². The number of piperazine rings is 1. The second-order valence-electron chi connectivity index (χ2n) is 6.49. The lowest BCUT2D eigenvalue weighted by atomic mass is 10.2. The van der Waals surface area contributed by atoms with E-state index < -0.39 is 0 Å². The van der Waals surface area contributed by atoms with E-state index in [-0.39, 0.29) is 6.09 Å². The molecule has 1 amide bonds. The molecule has 144 valence electrons. The normalized spacial score (nSPS) is 14.2. The summed E-state index contributed by atoms with van der Waals surface area (Å²) in [5, 5.41) is 0. The fraction of sp³-hybridized carbons (Fsp3) is 0.450. The summed E-state index contributed by atoms with van der Waals surface area (Å²) in [5.41, 5.74) is 2.34. The Morgan fingerprint density at radius 3 is 2.59 bits per heavy atom. The smallest absolute Gasteiger partial charge is 0.409 e. The van der Waals surface area contributed by atoms with Gasteiger partial charge in [-0.2, -0.15) is 0 Å². The Hall–Kier alpha value is -2.83. The average molecular weight is 369 g/mol. The Labute approximate surface area is 160 Å². The summed E-state index contributed by atoms with van der Waals surface area (Å²) in [5.74, 6) is 1.76. The average Bonchev–Trinajstić information content (AvgIpc) is 2.69. The van der Waals surface area contributed by atoms with Crippen LogP contribution in [0.1, 0.15) is 19.4 Å². The molecule has 0 unspecified atom stereocenters. The van der Waals surface area contributed by atoms with E-state index in [1.165, 1.54) is 5.56 Å². The van der Waals surface area contributed by atoms with Crippen LogP contribution in [0.25, 0.3) is 0 Å². The predicted molar refractivity (Wildman–Crippen MR) is 107 cm³/mol. The number of hydrogen-bond donors (Lipinski definition) is 0. The van der Waals surface area contributed by atoms with E-state index >= 15 is 0 Å².